The van der Waals surface area contributed by atoms with Crippen LogP contribution < -0.4 is 0 Å². The number of carbonyl (C=O) groups is 3. The first-order chi connectivity index (χ1) is 9.47. The molecule has 8 atom stereocenters. The molecule has 0 aromatic heterocycles. The summed E-state index contributed by atoms with van der Waals surface area (Å²) in [4.78, 5) is 35.6. The molecule has 20 heavy (non-hydrogen) atoms. The standard InChI is InChI=1S/C15H16O5/c1-4(16)19-15(20-5(2)17)12-7-3-6-8-9(7)13(15)11(8)14(18)10(6)12/h6-13H,3H2,1-2H3/t6-,7+,8+,9-,10+,11-,12-,13+/m1/s1. The topological polar surface area (TPSA) is 69.7 Å². The maximum Gasteiger partial charge on any atom is 0.305 e. The molecule has 106 valence electrons. The molecule has 0 unspecified atom stereocenters. The van der Waals surface area contributed by atoms with E-state index in [0.29, 0.717) is 29.5 Å². The van der Waals surface area contributed by atoms with Gasteiger partial charge in [0.25, 0.3) is 5.79 Å². The Morgan fingerprint density at radius 2 is 1.65 bits per heavy atom. The first-order valence-electron chi connectivity index (χ1n) is 7.40. The van der Waals surface area contributed by atoms with E-state index < -0.39 is 17.7 Å². The number of fused-ring (bicyclic) bond motifs is 2. The average molecular weight is 276 g/mol. The van der Waals surface area contributed by atoms with Crippen LogP contribution in [0.25, 0.3) is 0 Å². The molecule has 5 saturated carbocycles. The highest BCUT2D eigenvalue weighted by molar-refractivity contribution is 5.92. The second kappa shape index (κ2) is 2.95. The second-order valence-corrected chi connectivity index (χ2v) is 7.13. The first kappa shape index (κ1) is 11.3. The van der Waals surface area contributed by atoms with E-state index in [0.717, 1.165) is 6.42 Å². The normalized spacial score (nSPS) is 54.2. The molecular formula is C15H16O5. The highest BCUT2D eigenvalue weighted by Gasteiger charge is 2.90. The van der Waals surface area contributed by atoms with Crippen molar-refractivity contribution in [3.63, 3.8) is 0 Å². The predicted molar refractivity (Wildman–Crippen MR) is 63.8 cm³/mol. The Balaban J connectivity index is 1.67. The summed E-state index contributed by atoms with van der Waals surface area (Å²) in [5.74, 6) is -0.108. The lowest BCUT2D eigenvalue weighted by Gasteiger charge is -2.50. The third-order valence-electron chi connectivity index (χ3n) is 6.70. The van der Waals surface area contributed by atoms with Crippen LogP contribution in [0.3, 0.4) is 0 Å². The van der Waals surface area contributed by atoms with Gasteiger partial charge < -0.3 is 9.47 Å². The number of hydrogen-bond donors (Lipinski definition) is 0. The molecule has 0 heterocycles. The van der Waals surface area contributed by atoms with Crippen LogP contribution in [-0.2, 0) is 23.9 Å². The van der Waals surface area contributed by atoms with Gasteiger partial charge in [-0.15, -0.1) is 0 Å². The lowest BCUT2D eigenvalue weighted by Crippen LogP contribution is -2.61. The summed E-state index contributed by atoms with van der Waals surface area (Å²) in [6.07, 6.45) is 1.05. The number of ketones is 1. The molecule has 0 radical (unpaired) electrons. The van der Waals surface area contributed by atoms with Crippen LogP contribution in [0.1, 0.15) is 20.3 Å². The molecule has 5 fully saturated rings. The molecule has 5 aliphatic carbocycles. The van der Waals surface area contributed by atoms with Crippen molar-refractivity contribution in [1.82, 2.24) is 0 Å². The maximum absolute atomic E-state index is 12.5. The number of carbonyl (C=O) groups excluding carboxylic acids is 3. The molecule has 0 saturated heterocycles. The van der Waals surface area contributed by atoms with Crippen LogP contribution in [0.15, 0.2) is 0 Å². The zero-order valence-corrected chi connectivity index (χ0v) is 11.4. The van der Waals surface area contributed by atoms with Crippen molar-refractivity contribution in [3.05, 3.63) is 0 Å². The van der Waals surface area contributed by atoms with Crippen molar-refractivity contribution in [3.8, 4) is 0 Å². The summed E-state index contributed by atoms with van der Waals surface area (Å²) in [7, 11) is 0. The van der Waals surface area contributed by atoms with Gasteiger partial charge in [-0.05, 0) is 30.1 Å². The summed E-state index contributed by atoms with van der Waals surface area (Å²) >= 11 is 0. The number of Topliss-reactive ketones (excluding diaryl/α,β-unsaturated/α-hetero) is 1. The first-order valence-corrected chi connectivity index (χ1v) is 7.40. The van der Waals surface area contributed by atoms with Gasteiger partial charge >= 0.3 is 11.9 Å². The Morgan fingerprint density at radius 3 is 2.25 bits per heavy atom. The van der Waals surface area contributed by atoms with Gasteiger partial charge in [0.05, 0.1) is 5.92 Å². The number of esters is 2. The van der Waals surface area contributed by atoms with E-state index in [2.05, 4.69) is 0 Å². The molecule has 2 bridgehead atoms. The third-order valence-corrected chi connectivity index (χ3v) is 6.70. The Labute approximate surface area is 116 Å². The Bertz CT molecular complexity index is 565. The van der Waals surface area contributed by atoms with Gasteiger partial charge in [0.2, 0.25) is 0 Å². The quantitative estimate of drug-likeness (QED) is 0.550. The monoisotopic (exact) mass is 276 g/mol. The SMILES string of the molecule is CC(=O)OC1(OC(C)=O)[C@@H]2[C@H]3C[C@H]4[C@@H]2C(=O)[C@@H]2[C@@H]4[C@@H]3[C@@H]21. The van der Waals surface area contributed by atoms with Gasteiger partial charge in [-0.1, -0.05) is 0 Å². The minimum absolute atomic E-state index is 0.0301. The maximum atomic E-state index is 12.5. The van der Waals surface area contributed by atoms with E-state index in [4.69, 9.17) is 9.47 Å². The van der Waals surface area contributed by atoms with E-state index >= 15 is 0 Å². The van der Waals surface area contributed by atoms with E-state index in [9.17, 15) is 14.4 Å². The van der Waals surface area contributed by atoms with Crippen molar-refractivity contribution < 1.29 is 23.9 Å². The second-order valence-electron chi connectivity index (χ2n) is 7.13. The summed E-state index contributed by atoms with van der Waals surface area (Å²) in [5.41, 5.74) is 0. The van der Waals surface area contributed by atoms with Gasteiger partial charge in [0, 0.05) is 31.6 Å². The van der Waals surface area contributed by atoms with Crippen molar-refractivity contribution in [2.75, 3.05) is 0 Å². The van der Waals surface area contributed by atoms with Gasteiger partial charge in [-0.3, -0.25) is 14.4 Å². The highest BCUT2D eigenvalue weighted by atomic mass is 16.7. The minimum atomic E-state index is -1.14. The van der Waals surface area contributed by atoms with Crippen molar-refractivity contribution in [1.29, 1.82) is 0 Å². The summed E-state index contributed by atoms with van der Waals surface area (Å²) in [6.45, 7) is 2.70. The molecule has 0 N–H and O–H groups in total. The number of hydrogen-bond acceptors (Lipinski definition) is 5. The van der Waals surface area contributed by atoms with E-state index in [1.54, 1.807) is 0 Å². The highest BCUT2D eigenvalue weighted by Crippen LogP contribution is 2.84. The molecule has 5 aliphatic rings. The molecule has 0 amide bonds. The van der Waals surface area contributed by atoms with E-state index in [1.807, 2.05) is 0 Å². The van der Waals surface area contributed by atoms with Crippen LogP contribution in [0.5, 0.6) is 0 Å². The summed E-state index contributed by atoms with van der Waals surface area (Å²) in [5, 5.41) is 0. The van der Waals surface area contributed by atoms with Gasteiger partial charge in [0.1, 0.15) is 5.78 Å². The Kier molecular flexibility index (Phi) is 1.66. The van der Waals surface area contributed by atoms with Gasteiger partial charge in [-0.2, -0.15) is 0 Å². The largest absolute Gasteiger partial charge is 0.422 e. The van der Waals surface area contributed by atoms with Crippen LogP contribution >= 0.6 is 0 Å². The van der Waals surface area contributed by atoms with Crippen LogP contribution in [0.4, 0.5) is 0 Å². The lowest BCUT2D eigenvalue weighted by atomic mass is 9.58. The average Bonchev–Trinajstić information content (AvgIpc) is 2.77. The van der Waals surface area contributed by atoms with Gasteiger partial charge in [0.15, 0.2) is 0 Å². The zero-order valence-electron chi connectivity index (χ0n) is 11.4. The van der Waals surface area contributed by atoms with E-state index in [-0.39, 0.29) is 23.7 Å². The van der Waals surface area contributed by atoms with Crippen molar-refractivity contribution in [2.24, 2.45) is 47.3 Å². The predicted octanol–water partition coefficient (Wildman–Crippen LogP) is 0.766. The molecule has 5 heteroatoms. The molecule has 0 aliphatic heterocycles. The summed E-state index contributed by atoms with van der Waals surface area (Å²) in [6, 6.07) is 0. The molecule has 0 aromatic rings. The Hall–Kier alpha value is -1.39. The van der Waals surface area contributed by atoms with Crippen molar-refractivity contribution >= 4 is 17.7 Å². The number of rotatable bonds is 2. The van der Waals surface area contributed by atoms with Gasteiger partial charge in [-0.25, -0.2) is 0 Å². The van der Waals surface area contributed by atoms with Crippen LogP contribution in [0, 0.1) is 47.3 Å². The third kappa shape index (κ3) is 0.860. The van der Waals surface area contributed by atoms with Crippen LogP contribution in [0.2, 0.25) is 0 Å². The summed E-state index contributed by atoms with van der Waals surface area (Å²) < 4.78 is 11.2. The molecule has 5 nitrogen and oxygen atoms in total. The smallest absolute Gasteiger partial charge is 0.305 e. The zero-order chi connectivity index (χ0) is 14.0. The molecular weight excluding hydrogens is 260 g/mol. The van der Waals surface area contributed by atoms with Crippen molar-refractivity contribution in [2.45, 2.75) is 26.1 Å². The van der Waals surface area contributed by atoms with Crippen LogP contribution in [-0.4, -0.2) is 23.5 Å². The fourth-order valence-electron chi connectivity index (χ4n) is 6.86. The fourth-order valence-corrected chi connectivity index (χ4v) is 6.86. The molecule has 0 spiro atoms. The number of ether oxygens (including phenoxy) is 2. The Morgan fingerprint density at radius 1 is 1.00 bits per heavy atom. The minimum Gasteiger partial charge on any atom is -0.422 e. The lowest BCUT2D eigenvalue weighted by molar-refractivity contribution is -0.280. The molecule has 0 aromatic carbocycles. The van der Waals surface area contributed by atoms with E-state index in [1.165, 1.54) is 13.8 Å². The fraction of sp³-hybridized carbons (Fsp3) is 0.800. The molecule has 5 rings (SSSR count).